The average molecular weight is 296 g/mol. The topological polar surface area (TPSA) is 78.9 Å². The molecular weight excluding hydrogens is 272 g/mol. The van der Waals surface area contributed by atoms with Gasteiger partial charge in [-0.05, 0) is 32.1 Å². The van der Waals surface area contributed by atoms with E-state index in [2.05, 4.69) is 5.32 Å². The van der Waals surface area contributed by atoms with Crippen LogP contribution in [0.2, 0.25) is 0 Å². The van der Waals surface area contributed by atoms with E-state index in [1.165, 1.54) is 12.8 Å². The van der Waals surface area contributed by atoms with E-state index >= 15 is 0 Å². The van der Waals surface area contributed by atoms with E-state index in [1.54, 1.807) is 4.90 Å². The number of carboxylic acids is 1. The maximum Gasteiger partial charge on any atom is 0.317 e. The Balaban J connectivity index is 1.52. The molecule has 0 aromatic carbocycles. The fourth-order valence-corrected chi connectivity index (χ4v) is 3.93. The summed E-state index contributed by atoms with van der Waals surface area (Å²) in [5.74, 6) is -1.21. The minimum absolute atomic E-state index is 0.00912. The maximum atomic E-state index is 12.3. The van der Waals surface area contributed by atoms with Crippen molar-refractivity contribution in [2.24, 2.45) is 5.92 Å². The Kier molecular flexibility index (Phi) is 4.06. The smallest absolute Gasteiger partial charge is 0.317 e. The monoisotopic (exact) mass is 296 g/mol. The lowest BCUT2D eigenvalue weighted by atomic mass is 9.89. The van der Waals surface area contributed by atoms with Crippen molar-refractivity contribution in [1.82, 2.24) is 10.2 Å². The Morgan fingerprint density at radius 1 is 1.24 bits per heavy atom. The second kappa shape index (κ2) is 5.83. The molecule has 1 saturated carbocycles. The van der Waals surface area contributed by atoms with Gasteiger partial charge in [0.25, 0.3) is 0 Å². The predicted octanol–water partition coefficient (Wildman–Crippen LogP) is 1.59. The first-order valence-corrected chi connectivity index (χ1v) is 8.00. The molecule has 2 heterocycles. The van der Waals surface area contributed by atoms with Crippen LogP contribution in [0.15, 0.2) is 0 Å². The van der Waals surface area contributed by atoms with E-state index in [1.807, 2.05) is 0 Å². The zero-order chi connectivity index (χ0) is 14.9. The van der Waals surface area contributed by atoms with Crippen molar-refractivity contribution in [3.05, 3.63) is 0 Å². The van der Waals surface area contributed by atoms with Gasteiger partial charge in [0.05, 0.1) is 11.5 Å². The molecule has 2 amide bonds. The Morgan fingerprint density at radius 3 is 2.67 bits per heavy atom. The number of likely N-dealkylation sites (tertiary alicyclic amines) is 1. The van der Waals surface area contributed by atoms with Gasteiger partial charge in [-0.1, -0.05) is 12.8 Å². The van der Waals surface area contributed by atoms with Crippen molar-refractivity contribution in [3.63, 3.8) is 0 Å². The van der Waals surface area contributed by atoms with Gasteiger partial charge in [0.1, 0.15) is 0 Å². The van der Waals surface area contributed by atoms with E-state index in [-0.39, 0.29) is 17.7 Å². The first-order valence-electron chi connectivity index (χ1n) is 8.00. The van der Waals surface area contributed by atoms with Crippen LogP contribution in [-0.2, 0) is 9.53 Å². The van der Waals surface area contributed by atoms with Crippen molar-refractivity contribution < 1.29 is 19.4 Å². The highest BCUT2D eigenvalue weighted by Crippen LogP contribution is 2.40. The molecule has 2 N–H and O–H groups in total. The minimum Gasteiger partial charge on any atom is -0.481 e. The molecule has 1 spiro atoms. The van der Waals surface area contributed by atoms with Crippen molar-refractivity contribution in [3.8, 4) is 0 Å². The molecule has 0 radical (unpaired) electrons. The summed E-state index contributed by atoms with van der Waals surface area (Å²) in [6, 6.07) is 0.0482. The number of carbonyl (C=O) groups excluding carboxylic acids is 1. The molecule has 118 valence electrons. The second-order valence-electron chi connectivity index (χ2n) is 6.65. The zero-order valence-corrected chi connectivity index (χ0v) is 12.3. The third-order valence-corrected chi connectivity index (χ3v) is 5.16. The molecule has 6 nitrogen and oxygen atoms in total. The Labute approximate surface area is 124 Å². The Bertz CT molecular complexity index is 420. The number of carbonyl (C=O) groups is 2. The van der Waals surface area contributed by atoms with E-state index < -0.39 is 11.9 Å². The van der Waals surface area contributed by atoms with Crippen molar-refractivity contribution >= 4 is 12.0 Å². The summed E-state index contributed by atoms with van der Waals surface area (Å²) in [4.78, 5) is 24.9. The fraction of sp³-hybridized carbons (Fsp3) is 0.867. The summed E-state index contributed by atoms with van der Waals surface area (Å²) in [6.07, 6.45) is 6.94. The van der Waals surface area contributed by atoms with Crippen molar-refractivity contribution in [2.45, 2.75) is 56.6 Å². The van der Waals surface area contributed by atoms with Gasteiger partial charge in [-0.2, -0.15) is 0 Å². The lowest BCUT2D eigenvalue weighted by Crippen LogP contribution is -2.50. The largest absolute Gasteiger partial charge is 0.481 e. The summed E-state index contributed by atoms with van der Waals surface area (Å²) < 4.78 is 5.97. The summed E-state index contributed by atoms with van der Waals surface area (Å²) in [5.41, 5.74) is -0.00912. The molecule has 2 aliphatic heterocycles. The molecule has 1 aliphatic carbocycles. The molecule has 3 rings (SSSR count). The number of hydrogen-bond acceptors (Lipinski definition) is 3. The molecule has 0 aromatic rings. The van der Waals surface area contributed by atoms with Crippen LogP contribution in [0, 0.1) is 5.92 Å². The summed E-state index contributed by atoms with van der Waals surface area (Å²) in [7, 11) is 0. The minimum atomic E-state index is -0.804. The van der Waals surface area contributed by atoms with Gasteiger partial charge in [-0.3, -0.25) is 4.79 Å². The van der Waals surface area contributed by atoms with Crippen LogP contribution in [-0.4, -0.2) is 53.3 Å². The number of carboxylic acid groups (broad SMARTS) is 1. The van der Waals surface area contributed by atoms with Gasteiger partial charge in [0, 0.05) is 25.7 Å². The number of hydrogen-bond donors (Lipinski definition) is 2. The highest BCUT2D eigenvalue weighted by Gasteiger charge is 2.41. The van der Waals surface area contributed by atoms with Gasteiger partial charge < -0.3 is 20.1 Å². The zero-order valence-electron chi connectivity index (χ0n) is 12.3. The van der Waals surface area contributed by atoms with E-state index in [0.29, 0.717) is 26.1 Å². The van der Waals surface area contributed by atoms with Crippen LogP contribution in [0.3, 0.4) is 0 Å². The lowest BCUT2D eigenvalue weighted by Gasteiger charge is -2.39. The van der Waals surface area contributed by atoms with Crippen LogP contribution in [0.5, 0.6) is 0 Å². The quantitative estimate of drug-likeness (QED) is 0.811. The van der Waals surface area contributed by atoms with E-state index in [0.717, 1.165) is 25.7 Å². The predicted molar refractivity (Wildman–Crippen MR) is 76.0 cm³/mol. The third-order valence-electron chi connectivity index (χ3n) is 5.16. The summed E-state index contributed by atoms with van der Waals surface area (Å²) >= 11 is 0. The van der Waals surface area contributed by atoms with E-state index in [9.17, 15) is 9.59 Å². The molecule has 6 heteroatoms. The van der Waals surface area contributed by atoms with Gasteiger partial charge in [-0.25, -0.2) is 4.79 Å². The molecule has 0 aromatic heterocycles. The Hall–Kier alpha value is -1.30. The number of rotatable bonds is 2. The molecule has 2 unspecified atom stereocenters. The molecule has 21 heavy (non-hydrogen) atoms. The van der Waals surface area contributed by atoms with Gasteiger partial charge in [0.15, 0.2) is 0 Å². The summed E-state index contributed by atoms with van der Waals surface area (Å²) in [5, 5.41) is 12.1. The van der Waals surface area contributed by atoms with Crippen LogP contribution < -0.4 is 5.32 Å². The normalized spacial score (nSPS) is 31.5. The third kappa shape index (κ3) is 3.15. The van der Waals surface area contributed by atoms with Gasteiger partial charge in [0.2, 0.25) is 0 Å². The fourth-order valence-electron chi connectivity index (χ4n) is 3.93. The average Bonchev–Trinajstić information content (AvgIpc) is 3.08. The molecule has 0 bridgehead atoms. The Morgan fingerprint density at radius 2 is 2.00 bits per heavy atom. The number of nitrogens with one attached hydrogen (secondary N) is 1. The van der Waals surface area contributed by atoms with Crippen molar-refractivity contribution in [1.29, 1.82) is 0 Å². The van der Waals surface area contributed by atoms with Gasteiger partial charge >= 0.3 is 12.0 Å². The number of nitrogens with zero attached hydrogens (tertiary/aromatic N) is 1. The number of aliphatic carboxylic acids is 1. The first-order chi connectivity index (χ1) is 10.1. The highest BCUT2D eigenvalue weighted by atomic mass is 16.5. The molecule has 3 aliphatic rings. The van der Waals surface area contributed by atoms with Crippen LogP contribution in [0.1, 0.15) is 44.9 Å². The number of urea groups is 1. The van der Waals surface area contributed by atoms with Crippen LogP contribution in [0.25, 0.3) is 0 Å². The maximum absolute atomic E-state index is 12.3. The molecule has 3 fully saturated rings. The van der Waals surface area contributed by atoms with Gasteiger partial charge in [-0.15, -0.1) is 0 Å². The lowest BCUT2D eigenvalue weighted by molar-refractivity contribution is -0.141. The van der Waals surface area contributed by atoms with Crippen LogP contribution in [0.4, 0.5) is 4.79 Å². The van der Waals surface area contributed by atoms with E-state index in [4.69, 9.17) is 9.84 Å². The standard InChI is InChI=1S/C15H24N2O4/c18-13(19)11-3-7-17(10-11)14(20)16-12-4-8-21-15(9-12)5-1-2-6-15/h11-12H,1-10H2,(H,16,20)(H,18,19). The van der Waals surface area contributed by atoms with Crippen molar-refractivity contribution in [2.75, 3.05) is 19.7 Å². The number of amides is 2. The highest BCUT2D eigenvalue weighted by molar-refractivity contribution is 5.77. The second-order valence-corrected chi connectivity index (χ2v) is 6.65. The first kappa shape index (κ1) is 14.6. The molecular formula is C15H24N2O4. The number of ether oxygens (including phenoxy) is 1. The van der Waals surface area contributed by atoms with Crippen LogP contribution >= 0.6 is 0 Å². The molecule has 2 atom stereocenters. The SMILES string of the molecule is O=C(O)C1CCN(C(=O)NC2CCOC3(CCCC3)C2)C1. The summed E-state index contributed by atoms with van der Waals surface area (Å²) in [6.45, 7) is 1.58. The molecule has 2 saturated heterocycles.